The standard InChI is InChI=1S/C20H28N2O3S/c1-22(26(2,24)25)18(17-6-4-3-5-7-17)19(23)21-20-11-14-8-15(12-20)10-16(9-14)13-20/h3-7,14-16,18H,8-13H2,1-2H3,(H,21,23)/t14?,15?,16?,18-,20?/m1/s1. The van der Waals surface area contributed by atoms with Crippen molar-refractivity contribution in [1.82, 2.24) is 9.62 Å². The Bertz CT molecular complexity index is 755. The van der Waals surface area contributed by atoms with Crippen LogP contribution in [0.25, 0.3) is 0 Å². The number of rotatable bonds is 5. The minimum Gasteiger partial charge on any atom is -0.349 e. The topological polar surface area (TPSA) is 66.5 Å². The molecule has 0 aromatic heterocycles. The molecule has 0 saturated heterocycles. The van der Waals surface area contributed by atoms with Crippen LogP contribution in [0.1, 0.15) is 50.1 Å². The number of carbonyl (C=O) groups is 1. The number of amides is 1. The summed E-state index contributed by atoms with van der Waals surface area (Å²) < 4.78 is 25.5. The van der Waals surface area contributed by atoms with Gasteiger partial charge in [0, 0.05) is 12.6 Å². The third-order valence-electron chi connectivity index (χ3n) is 6.68. The van der Waals surface area contributed by atoms with Crippen LogP contribution in [0.2, 0.25) is 0 Å². The molecule has 0 heterocycles. The summed E-state index contributed by atoms with van der Waals surface area (Å²) in [6.07, 6.45) is 8.22. The van der Waals surface area contributed by atoms with Gasteiger partial charge in [-0.2, -0.15) is 4.31 Å². The summed E-state index contributed by atoms with van der Waals surface area (Å²) in [7, 11) is -2.00. The van der Waals surface area contributed by atoms with Crippen LogP contribution in [-0.2, 0) is 14.8 Å². The Morgan fingerprint density at radius 2 is 1.58 bits per heavy atom. The SMILES string of the molecule is CN([C@@H](C(=O)NC12CC3CC(CC(C3)C1)C2)c1ccccc1)S(C)(=O)=O. The van der Waals surface area contributed by atoms with E-state index in [1.165, 1.54) is 30.6 Å². The molecular weight excluding hydrogens is 348 g/mol. The van der Waals surface area contributed by atoms with Crippen LogP contribution in [0.15, 0.2) is 30.3 Å². The predicted molar refractivity (Wildman–Crippen MR) is 101 cm³/mol. The zero-order chi connectivity index (χ0) is 18.5. The lowest BCUT2D eigenvalue weighted by Crippen LogP contribution is -2.61. The quantitative estimate of drug-likeness (QED) is 0.859. The lowest BCUT2D eigenvalue weighted by molar-refractivity contribution is -0.130. The molecule has 4 aliphatic carbocycles. The molecule has 1 atom stereocenters. The van der Waals surface area contributed by atoms with Crippen LogP contribution < -0.4 is 5.32 Å². The van der Waals surface area contributed by atoms with E-state index in [1.54, 1.807) is 0 Å². The average molecular weight is 377 g/mol. The smallest absolute Gasteiger partial charge is 0.243 e. The van der Waals surface area contributed by atoms with Gasteiger partial charge < -0.3 is 5.32 Å². The van der Waals surface area contributed by atoms with Crippen molar-refractivity contribution in [3.05, 3.63) is 35.9 Å². The van der Waals surface area contributed by atoms with Crippen molar-refractivity contribution >= 4 is 15.9 Å². The van der Waals surface area contributed by atoms with E-state index in [4.69, 9.17) is 0 Å². The van der Waals surface area contributed by atoms with Crippen molar-refractivity contribution in [3.8, 4) is 0 Å². The minimum absolute atomic E-state index is 0.128. The largest absolute Gasteiger partial charge is 0.349 e. The third kappa shape index (κ3) is 3.29. The van der Waals surface area contributed by atoms with Crippen molar-refractivity contribution in [1.29, 1.82) is 0 Å². The second-order valence-corrected chi connectivity index (χ2v) is 10.8. The Hall–Kier alpha value is -1.40. The molecule has 4 saturated carbocycles. The van der Waals surface area contributed by atoms with Crippen LogP contribution in [0.5, 0.6) is 0 Å². The maximum atomic E-state index is 13.3. The summed E-state index contributed by atoms with van der Waals surface area (Å²) in [5, 5.41) is 3.33. The predicted octanol–water partition coefficient (Wildman–Crippen LogP) is 2.70. The highest BCUT2D eigenvalue weighted by molar-refractivity contribution is 7.88. The molecule has 1 aromatic rings. The molecule has 0 unspecified atom stereocenters. The molecule has 0 radical (unpaired) electrons. The number of benzene rings is 1. The first-order valence-electron chi connectivity index (χ1n) is 9.56. The highest BCUT2D eigenvalue weighted by Gasteiger charge is 2.52. The van der Waals surface area contributed by atoms with E-state index in [0.717, 1.165) is 43.3 Å². The number of hydrogen-bond acceptors (Lipinski definition) is 3. The van der Waals surface area contributed by atoms with Gasteiger partial charge in [-0.1, -0.05) is 30.3 Å². The van der Waals surface area contributed by atoms with Gasteiger partial charge in [0.2, 0.25) is 15.9 Å². The monoisotopic (exact) mass is 376 g/mol. The van der Waals surface area contributed by atoms with Gasteiger partial charge in [0.15, 0.2) is 0 Å². The summed E-state index contributed by atoms with van der Waals surface area (Å²) in [5.74, 6) is 1.99. The molecule has 5 rings (SSSR count). The molecule has 1 aromatic carbocycles. The second kappa shape index (κ2) is 6.34. The Morgan fingerprint density at radius 3 is 2.04 bits per heavy atom. The Labute approximate surface area is 156 Å². The zero-order valence-electron chi connectivity index (χ0n) is 15.5. The van der Waals surface area contributed by atoms with E-state index in [0.29, 0.717) is 5.56 Å². The number of nitrogens with one attached hydrogen (secondary N) is 1. The molecule has 0 spiro atoms. The van der Waals surface area contributed by atoms with Gasteiger partial charge in [0.1, 0.15) is 6.04 Å². The number of hydrogen-bond donors (Lipinski definition) is 1. The first-order chi connectivity index (χ1) is 12.3. The second-order valence-electron chi connectivity index (χ2n) is 8.78. The molecule has 1 amide bonds. The van der Waals surface area contributed by atoms with E-state index in [1.807, 2.05) is 30.3 Å². The maximum Gasteiger partial charge on any atom is 0.243 e. The number of carbonyl (C=O) groups excluding carboxylic acids is 1. The Kier molecular flexibility index (Phi) is 4.39. The molecule has 4 bridgehead atoms. The Morgan fingerprint density at radius 1 is 1.08 bits per heavy atom. The molecule has 142 valence electrons. The molecular formula is C20H28N2O3S. The fourth-order valence-corrected chi connectivity index (χ4v) is 6.55. The zero-order valence-corrected chi connectivity index (χ0v) is 16.3. The first kappa shape index (κ1) is 18.0. The summed E-state index contributed by atoms with van der Waals surface area (Å²) in [5.41, 5.74) is 0.583. The number of sulfonamides is 1. The lowest BCUT2D eigenvalue weighted by atomic mass is 9.53. The van der Waals surface area contributed by atoms with Gasteiger partial charge >= 0.3 is 0 Å². The normalized spacial score (nSPS) is 34.0. The minimum atomic E-state index is -3.49. The number of nitrogens with zero attached hydrogens (tertiary/aromatic N) is 1. The molecule has 4 aliphatic rings. The van der Waals surface area contributed by atoms with Crippen molar-refractivity contribution < 1.29 is 13.2 Å². The van der Waals surface area contributed by atoms with Crippen LogP contribution in [0.4, 0.5) is 0 Å². The average Bonchev–Trinajstić information content (AvgIpc) is 2.53. The summed E-state index contributed by atoms with van der Waals surface area (Å²) in [6.45, 7) is 0. The van der Waals surface area contributed by atoms with Gasteiger partial charge in [-0.25, -0.2) is 8.42 Å². The molecule has 0 aliphatic heterocycles. The summed E-state index contributed by atoms with van der Waals surface area (Å²) in [6, 6.07) is 8.39. The first-order valence-corrected chi connectivity index (χ1v) is 11.4. The van der Waals surface area contributed by atoms with E-state index >= 15 is 0 Å². The van der Waals surface area contributed by atoms with Crippen molar-refractivity contribution in [3.63, 3.8) is 0 Å². The van der Waals surface area contributed by atoms with Gasteiger partial charge in [0.05, 0.1) is 6.26 Å². The summed E-state index contributed by atoms with van der Waals surface area (Å²) in [4.78, 5) is 13.3. The van der Waals surface area contributed by atoms with E-state index < -0.39 is 16.1 Å². The van der Waals surface area contributed by atoms with Gasteiger partial charge in [-0.15, -0.1) is 0 Å². The fraction of sp³-hybridized carbons (Fsp3) is 0.650. The Balaban J connectivity index is 1.61. The van der Waals surface area contributed by atoms with Crippen LogP contribution in [-0.4, -0.2) is 37.5 Å². The lowest BCUT2D eigenvalue weighted by Gasteiger charge is -2.57. The van der Waals surface area contributed by atoms with E-state index in [-0.39, 0.29) is 11.4 Å². The van der Waals surface area contributed by atoms with Gasteiger partial charge in [0.25, 0.3) is 0 Å². The van der Waals surface area contributed by atoms with Crippen LogP contribution in [0.3, 0.4) is 0 Å². The molecule has 4 fully saturated rings. The highest BCUT2D eigenvalue weighted by Crippen LogP contribution is 2.55. The van der Waals surface area contributed by atoms with Crippen molar-refractivity contribution in [2.24, 2.45) is 17.8 Å². The van der Waals surface area contributed by atoms with Crippen molar-refractivity contribution in [2.45, 2.75) is 50.1 Å². The van der Waals surface area contributed by atoms with Gasteiger partial charge in [-0.3, -0.25) is 4.79 Å². The molecule has 5 nitrogen and oxygen atoms in total. The third-order valence-corrected chi connectivity index (χ3v) is 7.93. The van der Waals surface area contributed by atoms with E-state index in [9.17, 15) is 13.2 Å². The van der Waals surface area contributed by atoms with Crippen LogP contribution in [0, 0.1) is 17.8 Å². The number of likely N-dealkylation sites (N-methyl/N-ethyl adjacent to an activating group) is 1. The molecule has 26 heavy (non-hydrogen) atoms. The van der Waals surface area contributed by atoms with E-state index in [2.05, 4.69) is 5.32 Å². The fourth-order valence-electron chi connectivity index (χ4n) is 5.95. The van der Waals surface area contributed by atoms with Crippen LogP contribution >= 0.6 is 0 Å². The molecule has 1 N–H and O–H groups in total. The van der Waals surface area contributed by atoms with Gasteiger partial charge in [-0.05, 0) is 61.8 Å². The molecule has 6 heteroatoms. The van der Waals surface area contributed by atoms with Crippen molar-refractivity contribution in [2.75, 3.05) is 13.3 Å². The summed E-state index contributed by atoms with van der Waals surface area (Å²) >= 11 is 0. The highest BCUT2D eigenvalue weighted by atomic mass is 32.2. The maximum absolute atomic E-state index is 13.3.